The highest BCUT2D eigenvalue weighted by Crippen LogP contribution is 2.25. The summed E-state index contributed by atoms with van der Waals surface area (Å²) >= 11 is 13.6. The first kappa shape index (κ1) is 14.7. The molecule has 0 unspecified atom stereocenters. The zero-order chi connectivity index (χ0) is 14.8. The Morgan fingerprint density at radius 3 is 2.81 bits per heavy atom. The lowest BCUT2D eigenvalue weighted by molar-refractivity contribution is 0.415. The van der Waals surface area contributed by atoms with Gasteiger partial charge in [-0.25, -0.2) is 4.98 Å². The number of aryl methyl sites for hydroxylation is 2. The summed E-state index contributed by atoms with van der Waals surface area (Å²) in [6, 6.07) is 9.90. The molecule has 0 spiro atoms. The molecule has 6 heteroatoms. The van der Waals surface area contributed by atoms with Gasteiger partial charge in [-0.05, 0) is 30.7 Å². The lowest BCUT2D eigenvalue weighted by Crippen LogP contribution is -2.04. The highest BCUT2D eigenvalue weighted by atomic mass is 35.5. The maximum Gasteiger partial charge on any atom is 0.124 e. The van der Waals surface area contributed by atoms with Crippen LogP contribution in [0.15, 0.2) is 30.3 Å². The van der Waals surface area contributed by atoms with E-state index in [4.69, 9.17) is 27.9 Å². The zero-order valence-corrected chi connectivity index (χ0v) is 13.8. The second-order valence-corrected chi connectivity index (χ2v) is 6.69. The fraction of sp³-hybridized carbons (Fsp3) is 0.267. The molecular formula is C15H14Cl2N2OS. The van der Waals surface area contributed by atoms with Crippen molar-refractivity contribution in [2.24, 2.45) is 0 Å². The van der Waals surface area contributed by atoms with Crippen molar-refractivity contribution < 1.29 is 4.74 Å². The van der Waals surface area contributed by atoms with Gasteiger partial charge < -0.3 is 9.30 Å². The van der Waals surface area contributed by atoms with Crippen LogP contribution in [-0.2, 0) is 18.8 Å². The van der Waals surface area contributed by atoms with Gasteiger partial charge in [0.05, 0.1) is 28.4 Å². The molecule has 0 atom stereocenters. The van der Waals surface area contributed by atoms with E-state index in [1.165, 1.54) is 4.88 Å². The van der Waals surface area contributed by atoms with Gasteiger partial charge in [-0.1, -0.05) is 11.6 Å². The lowest BCUT2D eigenvalue weighted by atomic mass is 10.3. The molecule has 3 aromatic rings. The molecule has 1 aromatic carbocycles. The summed E-state index contributed by atoms with van der Waals surface area (Å²) in [6.45, 7) is 0.835. The van der Waals surface area contributed by atoms with Crippen LogP contribution in [0.2, 0.25) is 4.34 Å². The molecule has 0 aliphatic heterocycles. The third kappa shape index (κ3) is 3.03. The normalized spacial score (nSPS) is 11.2. The van der Waals surface area contributed by atoms with Crippen molar-refractivity contribution in [2.45, 2.75) is 18.8 Å². The molecule has 3 rings (SSSR count). The van der Waals surface area contributed by atoms with Crippen LogP contribution in [0.1, 0.15) is 10.7 Å². The summed E-state index contributed by atoms with van der Waals surface area (Å²) in [6.07, 6.45) is 0.915. The Balaban J connectivity index is 1.92. The molecular weight excluding hydrogens is 327 g/mol. The van der Waals surface area contributed by atoms with Gasteiger partial charge in [0.2, 0.25) is 0 Å². The predicted molar refractivity (Wildman–Crippen MR) is 88.9 cm³/mol. The molecule has 0 fully saturated rings. The van der Waals surface area contributed by atoms with Gasteiger partial charge in [-0.2, -0.15) is 0 Å². The fourth-order valence-corrected chi connectivity index (χ4v) is 3.63. The van der Waals surface area contributed by atoms with E-state index in [1.54, 1.807) is 18.4 Å². The number of imidazole rings is 1. The third-order valence-corrected chi connectivity index (χ3v) is 4.89. The molecule has 0 amide bonds. The largest absolute Gasteiger partial charge is 0.497 e. The predicted octanol–water partition coefficient (Wildman–Crippen LogP) is 4.74. The van der Waals surface area contributed by atoms with Crippen LogP contribution < -0.4 is 4.74 Å². The highest BCUT2D eigenvalue weighted by Gasteiger charge is 2.11. The third-order valence-electron chi connectivity index (χ3n) is 3.36. The molecule has 110 valence electrons. The van der Waals surface area contributed by atoms with E-state index in [2.05, 4.69) is 15.6 Å². The standard InChI is InChI=1S/C15H14Cl2N2OS/c1-20-10-2-4-13-12(8-10)18-15(9-16)19(13)7-6-11-3-5-14(17)21-11/h2-5,8H,6-7,9H2,1H3. The smallest absolute Gasteiger partial charge is 0.124 e. The van der Waals surface area contributed by atoms with Crippen LogP contribution in [0.3, 0.4) is 0 Å². The number of aromatic nitrogens is 2. The molecule has 0 aliphatic rings. The van der Waals surface area contributed by atoms with Gasteiger partial charge in [0, 0.05) is 17.5 Å². The number of benzene rings is 1. The summed E-state index contributed by atoms with van der Waals surface area (Å²) in [4.78, 5) is 5.85. The first-order chi connectivity index (χ1) is 10.2. The second kappa shape index (κ2) is 6.26. The number of methoxy groups -OCH3 is 1. The van der Waals surface area contributed by atoms with Crippen LogP contribution in [-0.4, -0.2) is 16.7 Å². The quantitative estimate of drug-likeness (QED) is 0.627. The summed E-state index contributed by atoms with van der Waals surface area (Å²) in [5.74, 6) is 2.07. The van der Waals surface area contributed by atoms with Crippen molar-refractivity contribution in [1.29, 1.82) is 0 Å². The van der Waals surface area contributed by atoms with E-state index in [0.717, 1.165) is 39.9 Å². The van der Waals surface area contributed by atoms with Crippen LogP contribution in [0.25, 0.3) is 11.0 Å². The molecule has 0 N–H and O–H groups in total. The second-order valence-electron chi connectivity index (χ2n) is 4.62. The van der Waals surface area contributed by atoms with Gasteiger partial charge in [-0.15, -0.1) is 22.9 Å². The number of halogens is 2. The minimum Gasteiger partial charge on any atom is -0.497 e. The highest BCUT2D eigenvalue weighted by molar-refractivity contribution is 7.16. The summed E-state index contributed by atoms with van der Waals surface area (Å²) in [7, 11) is 1.65. The molecule has 0 saturated heterocycles. The van der Waals surface area contributed by atoms with E-state index < -0.39 is 0 Å². The fourth-order valence-electron chi connectivity index (χ4n) is 2.35. The molecule has 2 aromatic heterocycles. The Hall–Kier alpha value is -1.23. The average Bonchev–Trinajstić information content (AvgIpc) is 3.07. The molecule has 0 radical (unpaired) electrons. The Bertz CT molecular complexity index is 766. The Morgan fingerprint density at radius 1 is 1.29 bits per heavy atom. The number of rotatable bonds is 5. The number of nitrogens with zero attached hydrogens (tertiary/aromatic N) is 2. The van der Waals surface area contributed by atoms with Gasteiger partial charge in [0.25, 0.3) is 0 Å². The number of thiophene rings is 1. The Labute approximate surface area is 137 Å². The van der Waals surface area contributed by atoms with Gasteiger partial charge in [0.1, 0.15) is 11.6 Å². The molecule has 2 heterocycles. The molecule has 3 nitrogen and oxygen atoms in total. The maximum absolute atomic E-state index is 6.03. The van der Waals surface area contributed by atoms with Crippen molar-refractivity contribution in [3.05, 3.63) is 45.4 Å². The number of fused-ring (bicyclic) bond motifs is 1. The van der Waals surface area contributed by atoms with Gasteiger partial charge >= 0.3 is 0 Å². The first-order valence-corrected chi connectivity index (χ1v) is 8.27. The van der Waals surface area contributed by atoms with Crippen molar-refractivity contribution in [3.63, 3.8) is 0 Å². The Morgan fingerprint density at radius 2 is 2.14 bits per heavy atom. The number of ether oxygens (including phenoxy) is 1. The number of hydrogen-bond donors (Lipinski definition) is 0. The number of alkyl halides is 1. The van der Waals surface area contributed by atoms with Gasteiger partial charge in [0.15, 0.2) is 0 Å². The average molecular weight is 341 g/mol. The SMILES string of the molecule is COc1ccc2c(c1)nc(CCl)n2CCc1ccc(Cl)s1. The first-order valence-electron chi connectivity index (χ1n) is 6.54. The van der Waals surface area contributed by atoms with Crippen molar-refractivity contribution in [2.75, 3.05) is 7.11 Å². The monoisotopic (exact) mass is 340 g/mol. The van der Waals surface area contributed by atoms with E-state index >= 15 is 0 Å². The minimum atomic E-state index is 0.391. The van der Waals surface area contributed by atoms with Crippen LogP contribution in [0.4, 0.5) is 0 Å². The summed E-state index contributed by atoms with van der Waals surface area (Å²) < 4.78 is 8.23. The maximum atomic E-state index is 6.03. The molecule has 0 saturated carbocycles. The van der Waals surface area contributed by atoms with E-state index in [-0.39, 0.29) is 0 Å². The number of hydrogen-bond acceptors (Lipinski definition) is 3. The van der Waals surface area contributed by atoms with E-state index in [0.29, 0.717) is 5.88 Å². The molecule has 0 bridgehead atoms. The summed E-state index contributed by atoms with van der Waals surface area (Å²) in [5, 5.41) is 0. The van der Waals surface area contributed by atoms with Crippen LogP contribution in [0.5, 0.6) is 5.75 Å². The Kier molecular flexibility index (Phi) is 4.38. The lowest BCUT2D eigenvalue weighted by Gasteiger charge is -2.07. The van der Waals surface area contributed by atoms with Crippen molar-refractivity contribution in [3.8, 4) is 5.75 Å². The topological polar surface area (TPSA) is 27.1 Å². The van der Waals surface area contributed by atoms with Crippen molar-refractivity contribution >= 4 is 45.6 Å². The van der Waals surface area contributed by atoms with Crippen LogP contribution >= 0.6 is 34.5 Å². The van der Waals surface area contributed by atoms with Crippen LogP contribution in [0, 0.1) is 0 Å². The minimum absolute atomic E-state index is 0.391. The van der Waals surface area contributed by atoms with Gasteiger partial charge in [-0.3, -0.25) is 0 Å². The zero-order valence-electron chi connectivity index (χ0n) is 11.5. The van der Waals surface area contributed by atoms with E-state index in [1.807, 2.05) is 24.3 Å². The molecule has 0 aliphatic carbocycles. The van der Waals surface area contributed by atoms with Crippen molar-refractivity contribution in [1.82, 2.24) is 9.55 Å². The van der Waals surface area contributed by atoms with E-state index in [9.17, 15) is 0 Å². The molecule has 21 heavy (non-hydrogen) atoms. The summed E-state index contributed by atoms with van der Waals surface area (Å²) in [5.41, 5.74) is 1.99.